The van der Waals surface area contributed by atoms with Gasteiger partial charge in [0.2, 0.25) is 5.56 Å². The number of nitrogens with one attached hydrogen (secondary N) is 1. The Morgan fingerprint density at radius 2 is 2.50 bits per heavy atom. The lowest BCUT2D eigenvalue weighted by molar-refractivity contribution is 0.181. The van der Waals surface area contributed by atoms with Crippen molar-refractivity contribution in [1.82, 2.24) is 4.98 Å². The Balaban J connectivity index is 2.80. The highest BCUT2D eigenvalue weighted by Crippen LogP contribution is 2.05. The van der Waals surface area contributed by atoms with Gasteiger partial charge in [-0.3, -0.25) is 4.79 Å². The van der Waals surface area contributed by atoms with Crippen LogP contribution in [0.3, 0.4) is 0 Å². The number of rotatable bonds is 3. The summed E-state index contributed by atoms with van der Waals surface area (Å²) in [6.07, 6.45) is 1.58. The maximum Gasteiger partial charge on any atom is 0.248 e. The van der Waals surface area contributed by atoms with Crippen molar-refractivity contribution >= 4 is 0 Å². The van der Waals surface area contributed by atoms with E-state index in [2.05, 4.69) is 4.98 Å². The van der Waals surface area contributed by atoms with Crippen molar-refractivity contribution in [1.29, 1.82) is 0 Å². The van der Waals surface area contributed by atoms with E-state index in [9.17, 15) is 4.79 Å². The number of pyridine rings is 1. The molecule has 1 aromatic heterocycles. The Morgan fingerprint density at radius 1 is 1.75 bits per heavy atom. The molecule has 1 aromatic rings. The standard InChI is InChI=1S/C8H12N2O2/c1-12-5-7(9)6-2-3-10-8(11)4-6/h2-4,7H,5,9H2,1H3,(H,10,11). The second kappa shape index (κ2) is 4.04. The lowest BCUT2D eigenvalue weighted by atomic mass is 10.1. The number of hydrogen-bond acceptors (Lipinski definition) is 3. The van der Waals surface area contributed by atoms with Gasteiger partial charge in [0.05, 0.1) is 12.6 Å². The molecule has 0 fully saturated rings. The second-order valence-electron chi connectivity index (χ2n) is 2.55. The summed E-state index contributed by atoms with van der Waals surface area (Å²) in [6.45, 7) is 0.420. The monoisotopic (exact) mass is 168 g/mol. The van der Waals surface area contributed by atoms with Crippen molar-refractivity contribution in [2.45, 2.75) is 6.04 Å². The molecule has 1 heterocycles. The van der Waals surface area contributed by atoms with Crippen molar-refractivity contribution in [2.24, 2.45) is 5.73 Å². The Bertz CT molecular complexity index is 295. The number of nitrogens with two attached hydrogens (primary N) is 1. The summed E-state index contributed by atoms with van der Waals surface area (Å²) in [4.78, 5) is 13.4. The zero-order valence-electron chi connectivity index (χ0n) is 6.91. The summed E-state index contributed by atoms with van der Waals surface area (Å²) >= 11 is 0. The summed E-state index contributed by atoms with van der Waals surface area (Å²) < 4.78 is 4.86. The molecule has 0 amide bonds. The molecule has 66 valence electrons. The van der Waals surface area contributed by atoms with E-state index < -0.39 is 0 Å². The van der Waals surface area contributed by atoms with E-state index in [1.165, 1.54) is 6.07 Å². The largest absolute Gasteiger partial charge is 0.383 e. The normalized spacial score (nSPS) is 12.8. The van der Waals surface area contributed by atoms with Crippen LogP contribution in [0, 0.1) is 0 Å². The molecule has 12 heavy (non-hydrogen) atoms. The molecule has 0 aromatic carbocycles. The third kappa shape index (κ3) is 2.18. The molecule has 1 atom stereocenters. The number of methoxy groups -OCH3 is 1. The van der Waals surface area contributed by atoms with Crippen LogP contribution in [0.4, 0.5) is 0 Å². The van der Waals surface area contributed by atoms with Gasteiger partial charge in [-0.05, 0) is 11.6 Å². The fourth-order valence-corrected chi connectivity index (χ4v) is 0.968. The molecule has 3 N–H and O–H groups in total. The zero-order valence-corrected chi connectivity index (χ0v) is 6.91. The number of hydrogen-bond donors (Lipinski definition) is 2. The van der Waals surface area contributed by atoms with Crippen molar-refractivity contribution in [3.05, 3.63) is 34.2 Å². The molecule has 4 nitrogen and oxygen atoms in total. The van der Waals surface area contributed by atoms with E-state index in [-0.39, 0.29) is 11.6 Å². The van der Waals surface area contributed by atoms with Gasteiger partial charge < -0.3 is 15.5 Å². The summed E-state index contributed by atoms with van der Waals surface area (Å²) in [5.74, 6) is 0. The van der Waals surface area contributed by atoms with Gasteiger partial charge in [0, 0.05) is 19.4 Å². The van der Waals surface area contributed by atoms with Gasteiger partial charge in [-0.1, -0.05) is 0 Å². The van der Waals surface area contributed by atoms with Crippen LogP contribution in [0.5, 0.6) is 0 Å². The molecule has 0 spiro atoms. The summed E-state index contributed by atoms with van der Waals surface area (Å²) in [5.41, 5.74) is 6.35. The highest BCUT2D eigenvalue weighted by atomic mass is 16.5. The molecule has 0 aliphatic heterocycles. The van der Waals surface area contributed by atoms with Crippen molar-refractivity contribution in [2.75, 3.05) is 13.7 Å². The highest BCUT2D eigenvalue weighted by molar-refractivity contribution is 5.14. The Kier molecular flexibility index (Phi) is 3.01. The maximum absolute atomic E-state index is 10.8. The van der Waals surface area contributed by atoms with E-state index in [0.29, 0.717) is 6.61 Å². The fourth-order valence-electron chi connectivity index (χ4n) is 0.968. The lowest BCUT2D eigenvalue weighted by Crippen LogP contribution is -2.18. The molecular formula is C8H12N2O2. The van der Waals surface area contributed by atoms with E-state index in [0.717, 1.165) is 5.56 Å². The predicted molar refractivity (Wildman–Crippen MR) is 45.9 cm³/mol. The Morgan fingerprint density at radius 3 is 3.08 bits per heavy atom. The predicted octanol–water partition coefficient (Wildman–Crippen LogP) is 0.0211. The number of aromatic nitrogens is 1. The fraction of sp³-hybridized carbons (Fsp3) is 0.375. The molecular weight excluding hydrogens is 156 g/mol. The van der Waals surface area contributed by atoms with Gasteiger partial charge in [0.25, 0.3) is 0 Å². The van der Waals surface area contributed by atoms with Crippen LogP contribution in [0.1, 0.15) is 11.6 Å². The summed E-state index contributed by atoms with van der Waals surface area (Å²) in [5, 5.41) is 0. The van der Waals surface area contributed by atoms with Gasteiger partial charge in [-0.2, -0.15) is 0 Å². The molecule has 0 radical (unpaired) electrons. The van der Waals surface area contributed by atoms with E-state index in [4.69, 9.17) is 10.5 Å². The Labute approximate surface area is 70.4 Å². The minimum Gasteiger partial charge on any atom is -0.383 e. The second-order valence-corrected chi connectivity index (χ2v) is 2.55. The molecule has 1 rings (SSSR count). The average molecular weight is 168 g/mol. The van der Waals surface area contributed by atoms with Crippen LogP contribution in [0.15, 0.2) is 23.1 Å². The highest BCUT2D eigenvalue weighted by Gasteiger charge is 2.04. The quantitative estimate of drug-likeness (QED) is 0.668. The first-order valence-electron chi connectivity index (χ1n) is 3.67. The summed E-state index contributed by atoms with van der Waals surface area (Å²) in [7, 11) is 1.58. The zero-order chi connectivity index (χ0) is 8.97. The number of H-pyrrole nitrogens is 1. The first-order valence-corrected chi connectivity index (χ1v) is 3.67. The van der Waals surface area contributed by atoms with Crippen LogP contribution in [-0.4, -0.2) is 18.7 Å². The van der Waals surface area contributed by atoms with Crippen molar-refractivity contribution in [3.63, 3.8) is 0 Å². The lowest BCUT2D eigenvalue weighted by Gasteiger charge is -2.08. The first kappa shape index (κ1) is 8.96. The molecule has 0 saturated heterocycles. The first-order chi connectivity index (χ1) is 5.74. The molecule has 4 heteroatoms. The third-order valence-electron chi connectivity index (χ3n) is 1.57. The van der Waals surface area contributed by atoms with Crippen molar-refractivity contribution < 1.29 is 4.74 Å². The van der Waals surface area contributed by atoms with Crippen LogP contribution < -0.4 is 11.3 Å². The molecule has 1 unspecified atom stereocenters. The Hall–Kier alpha value is -1.13. The van der Waals surface area contributed by atoms with Crippen LogP contribution >= 0.6 is 0 Å². The molecule has 0 bridgehead atoms. The molecule has 0 aliphatic rings. The van der Waals surface area contributed by atoms with Crippen LogP contribution in [0.2, 0.25) is 0 Å². The topological polar surface area (TPSA) is 68.1 Å². The van der Waals surface area contributed by atoms with Gasteiger partial charge in [-0.15, -0.1) is 0 Å². The SMILES string of the molecule is COCC(N)c1cc[nH]c(=O)c1. The number of aromatic amines is 1. The van der Waals surface area contributed by atoms with Crippen LogP contribution in [-0.2, 0) is 4.74 Å². The van der Waals surface area contributed by atoms with Crippen LogP contribution in [0.25, 0.3) is 0 Å². The van der Waals surface area contributed by atoms with E-state index in [1.807, 2.05) is 0 Å². The molecule has 0 saturated carbocycles. The minimum absolute atomic E-state index is 0.140. The van der Waals surface area contributed by atoms with Gasteiger partial charge in [-0.25, -0.2) is 0 Å². The van der Waals surface area contributed by atoms with Gasteiger partial charge >= 0.3 is 0 Å². The number of ether oxygens (including phenoxy) is 1. The van der Waals surface area contributed by atoms with Gasteiger partial charge in [0.1, 0.15) is 0 Å². The minimum atomic E-state index is -0.225. The van der Waals surface area contributed by atoms with Crippen molar-refractivity contribution in [3.8, 4) is 0 Å². The smallest absolute Gasteiger partial charge is 0.248 e. The van der Waals surface area contributed by atoms with Gasteiger partial charge in [0.15, 0.2) is 0 Å². The van der Waals surface area contributed by atoms with E-state index >= 15 is 0 Å². The average Bonchev–Trinajstić information content (AvgIpc) is 2.05. The third-order valence-corrected chi connectivity index (χ3v) is 1.57. The maximum atomic E-state index is 10.8. The summed E-state index contributed by atoms with van der Waals surface area (Å²) in [6, 6.07) is 3.02. The van der Waals surface area contributed by atoms with E-state index in [1.54, 1.807) is 19.4 Å². The molecule has 0 aliphatic carbocycles.